The van der Waals surface area contributed by atoms with Crippen molar-refractivity contribution < 1.29 is 21.8 Å². The molecule has 0 spiro atoms. The van der Waals surface area contributed by atoms with Crippen LogP contribution in [0.1, 0.15) is 52.9 Å². The van der Waals surface area contributed by atoms with E-state index in [0.29, 0.717) is 12.3 Å². The van der Waals surface area contributed by atoms with Gasteiger partial charge in [0.2, 0.25) is 0 Å². The van der Waals surface area contributed by atoms with E-state index in [2.05, 4.69) is 43.1 Å². The molecule has 1 N–H and O–H groups in total. The molecular weight excluding hydrogens is 225 g/mol. The van der Waals surface area contributed by atoms with Crippen LogP contribution in [0.5, 0.6) is 0 Å². The molecule has 0 aliphatic rings. The molecule has 0 bridgehead atoms. The van der Waals surface area contributed by atoms with Gasteiger partial charge in [-0.3, -0.25) is 0 Å². The maximum atomic E-state index is 11.3. The molecule has 0 fully saturated rings. The number of unbranched alkanes of at least 4 members (excludes halogenated alkanes) is 2. The van der Waals surface area contributed by atoms with Crippen LogP contribution in [0.15, 0.2) is 0 Å². The topological polar surface area (TPSA) is 29.1 Å². The van der Waals surface area contributed by atoms with E-state index in [0.717, 1.165) is 13.0 Å². The van der Waals surface area contributed by atoms with Crippen molar-refractivity contribution in [2.45, 2.75) is 52.9 Å². The summed E-state index contributed by atoms with van der Waals surface area (Å²) in [4.78, 5) is 11.3. The van der Waals surface area contributed by atoms with Gasteiger partial charge >= 0.3 is 103 Å². The van der Waals surface area contributed by atoms with E-state index >= 15 is 0 Å². The van der Waals surface area contributed by atoms with Crippen LogP contribution in [-0.2, 0) is 21.8 Å². The van der Waals surface area contributed by atoms with Crippen molar-refractivity contribution in [2.24, 2.45) is 5.92 Å². The average molecular weight is 248 g/mol. The summed E-state index contributed by atoms with van der Waals surface area (Å²) in [5, 5.41) is 2.95. The SMILES string of the molecule is C[C](=[V])CCCCCNC(=O)CC(C)C. The van der Waals surface area contributed by atoms with E-state index in [4.69, 9.17) is 0 Å². The van der Waals surface area contributed by atoms with Gasteiger partial charge in [-0.2, -0.15) is 0 Å². The van der Waals surface area contributed by atoms with Gasteiger partial charge in [-0.15, -0.1) is 0 Å². The summed E-state index contributed by atoms with van der Waals surface area (Å²) in [6.45, 7) is 7.11. The van der Waals surface area contributed by atoms with E-state index in [1.165, 1.54) is 23.5 Å². The molecule has 0 radical (unpaired) electrons. The van der Waals surface area contributed by atoms with Crippen molar-refractivity contribution in [3.8, 4) is 0 Å². The van der Waals surface area contributed by atoms with Crippen molar-refractivity contribution in [1.29, 1.82) is 0 Å². The Balaban J connectivity index is 3.24. The molecule has 0 atom stereocenters. The zero-order chi connectivity index (χ0) is 11.7. The van der Waals surface area contributed by atoms with Crippen LogP contribution in [0.3, 0.4) is 0 Å². The first-order valence-electron chi connectivity index (χ1n) is 5.80. The number of carbonyl (C=O) groups is 1. The summed E-state index contributed by atoms with van der Waals surface area (Å²) in [5.41, 5.74) is 0. The van der Waals surface area contributed by atoms with Gasteiger partial charge in [-0.25, -0.2) is 0 Å². The van der Waals surface area contributed by atoms with E-state index in [-0.39, 0.29) is 5.91 Å². The van der Waals surface area contributed by atoms with Gasteiger partial charge in [0.05, 0.1) is 0 Å². The number of hydrogen-bond donors (Lipinski definition) is 1. The second-order valence-electron chi connectivity index (χ2n) is 4.49. The van der Waals surface area contributed by atoms with Crippen LogP contribution in [0.4, 0.5) is 0 Å². The number of hydrogen-bond acceptors (Lipinski definition) is 1. The predicted octanol–water partition coefficient (Wildman–Crippen LogP) is 2.45. The van der Waals surface area contributed by atoms with Crippen molar-refractivity contribution in [3.05, 3.63) is 0 Å². The first-order valence-corrected chi connectivity index (χ1v) is 6.50. The van der Waals surface area contributed by atoms with Crippen LogP contribution in [0.25, 0.3) is 0 Å². The summed E-state index contributed by atoms with van der Waals surface area (Å²) in [6, 6.07) is 0. The first kappa shape index (κ1) is 14.9. The fourth-order valence-electron chi connectivity index (χ4n) is 1.35. The Kier molecular flexibility index (Phi) is 9.13. The summed E-state index contributed by atoms with van der Waals surface area (Å²) >= 11 is 2.59. The molecule has 1 amide bonds. The quantitative estimate of drug-likeness (QED) is 0.657. The number of carbonyl (C=O) groups excluding carboxylic acids is 1. The monoisotopic (exact) mass is 248 g/mol. The molecule has 0 heterocycles. The van der Waals surface area contributed by atoms with E-state index in [1.54, 1.807) is 0 Å². The summed E-state index contributed by atoms with van der Waals surface area (Å²) in [5.74, 6) is 0.653. The number of rotatable bonds is 8. The van der Waals surface area contributed by atoms with Gasteiger partial charge < -0.3 is 0 Å². The van der Waals surface area contributed by atoms with Crippen LogP contribution >= 0.6 is 0 Å². The van der Waals surface area contributed by atoms with Crippen LogP contribution in [0, 0.1) is 5.92 Å². The average Bonchev–Trinajstić information content (AvgIpc) is 2.09. The van der Waals surface area contributed by atoms with Gasteiger partial charge in [0.1, 0.15) is 0 Å². The predicted molar refractivity (Wildman–Crippen MR) is 61.6 cm³/mol. The van der Waals surface area contributed by atoms with Crippen LogP contribution < -0.4 is 5.32 Å². The summed E-state index contributed by atoms with van der Waals surface area (Å²) in [6.07, 6.45) is 5.39. The van der Waals surface area contributed by atoms with Gasteiger partial charge in [-0.1, -0.05) is 0 Å². The van der Waals surface area contributed by atoms with Gasteiger partial charge in [0.25, 0.3) is 0 Å². The Morgan fingerprint density at radius 3 is 2.47 bits per heavy atom. The van der Waals surface area contributed by atoms with Gasteiger partial charge in [0.15, 0.2) is 0 Å². The molecule has 0 aromatic heterocycles. The molecule has 0 saturated heterocycles. The molecule has 0 aliphatic carbocycles. The fourth-order valence-corrected chi connectivity index (χ4v) is 1.60. The van der Waals surface area contributed by atoms with Crippen molar-refractivity contribution in [1.82, 2.24) is 5.32 Å². The molecule has 0 aromatic rings. The number of amides is 1. The normalized spacial score (nSPS) is 10.3. The van der Waals surface area contributed by atoms with Crippen molar-refractivity contribution in [3.63, 3.8) is 0 Å². The Labute approximate surface area is 103 Å². The molecule has 3 heteroatoms. The molecule has 0 aliphatic heterocycles. The number of nitrogens with one attached hydrogen (secondary N) is 1. The van der Waals surface area contributed by atoms with E-state index in [9.17, 15) is 4.79 Å². The molecule has 87 valence electrons. The maximum absolute atomic E-state index is 11.3. The Hall–Kier alpha value is -0.0756. The third kappa shape index (κ3) is 11.9. The van der Waals surface area contributed by atoms with Gasteiger partial charge in [-0.05, 0) is 0 Å². The van der Waals surface area contributed by atoms with E-state index < -0.39 is 0 Å². The summed E-state index contributed by atoms with van der Waals surface area (Å²) < 4.78 is 1.44. The molecule has 0 aromatic carbocycles. The fraction of sp³-hybridized carbons (Fsp3) is 0.833. The third-order valence-corrected chi connectivity index (χ3v) is 2.48. The Morgan fingerprint density at radius 1 is 1.27 bits per heavy atom. The van der Waals surface area contributed by atoms with E-state index in [1.807, 2.05) is 0 Å². The van der Waals surface area contributed by atoms with Gasteiger partial charge in [0, 0.05) is 0 Å². The molecule has 0 rings (SSSR count). The standard InChI is InChI=1S/C12H23NO.V/c1-4-5-6-7-8-9-13-12(14)10-11(2)3;/h11H,5-10H2,1-3H3,(H,13,14);. The second kappa shape index (κ2) is 9.17. The zero-order valence-electron chi connectivity index (χ0n) is 10.2. The molecule has 15 heavy (non-hydrogen) atoms. The molecule has 0 saturated carbocycles. The van der Waals surface area contributed by atoms with Crippen LogP contribution in [-0.4, -0.2) is 16.7 Å². The minimum atomic E-state index is 0.194. The first-order chi connectivity index (χ1) is 7.02. The molecule has 2 nitrogen and oxygen atoms in total. The van der Waals surface area contributed by atoms with Crippen molar-refractivity contribution >= 4 is 10.1 Å². The molecular formula is C12H23NOV. The zero-order valence-corrected chi connectivity index (χ0v) is 11.6. The Bertz CT molecular complexity index is 202. The molecule has 0 unspecified atom stereocenters. The third-order valence-electron chi connectivity index (χ3n) is 2.13. The summed E-state index contributed by atoms with van der Waals surface area (Å²) in [7, 11) is 0. The second-order valence-corrected chi connectivity index (χ2v) is 5.69. The van der Waals surface area contributed by atoms with Crippen molar-refractivity contribution in [2.75, 3.05) is 6.54 Å². The van der Waals surface area contributed by atoms with Crippen LogP contribution in [0.2, 0.25) is 0 Å². The minimum absolute atomic E-state index is 0.194. The Morgan fingerprint density at radius 2 is 1.93 bits per heavy atom.